The van der Waals surface area contributed by atoms with Crippen LogP contribution in [0.25, 0.3) is 5.52 Å². The number of para-hydroxylation sites is 1. The summed E-state index contributed by atoms with van der Waals surface area (Å²) in [6.07, 6.45) is 5.87. The fourth-order valence-electron chi connectivity index (χ4n) is 4.04. The van der Waals surface area contributed by atoms with Crippen molar-refractivity contribution in [3.8, 4) is 11.5 Å². The van der Waals surface area contributed by atoms with Crippen molar-refractivity contribution in [3.63, 3.8) is 0 Å². The van der Waals surface area contributed by atoms with Crippen LogP contribution in [0.4, 0.5) is 0 Å². The van der Waals surface area contributed by atoms with E-state index >= 15 is 0 Å². The highest BCUT2D eigenvalue weighted by Gasteiger charge is 2.32. The number of hydrogen-bond acceptors (Lipinski definition) is 3. The summed E-state index contributed by atoms with van der Waals surface area (Å²) < 4.78 is 14.5. The number of pyridine rings is 1. The Balaban J connectivity index is 1.54. The second-order valence-electron chi connectivity index (χ2n) is 8.57. The molecule has 1 aromatic carbocycles. The quantitative estimate of drug-likeness (QED) is 0.636. The Morgan fingerprint density at radius 2 is 2.04 bits per heavy atom. The number of benzene rings is 1. The lowest BCUT2D eigenvalue weighted by molar-refractivity contribution is 0.0694. The van der Waals surface area contributed by atoms with Gasteiger partial charge in [-0.2, -0.15) is 5.10 Å². The summed E-state index contributed by atoms with van der Waals surface area (Å²) >= 11 is 0. The fraction of sp³-hybridized carbons (Fsp3) is 0.435. The second kappa shape index (κ2) is 6.91. The summed E-state index contributed by atoms with van der Waals surface area (Å²) in [6, 6.07) is 12.4. The lowest BCUT2D eigenvalue weighted by Gasteiger charge is -2.33. The maximum Gasteiger partial charge on any atom is 0.164 e. The van der Waals surface area contributed by atoms with Gasteiger partial charge in [0, 0.05) is 11.8 Å². The van der Waals surface area contributed by atoms with Crippen LogP contribution >= 0.6 is 0 Å². The molecule has 1 atom stereocenters. The minimum atomic E-state index is -0.0653. The Bertz CT molecular complexity index is 942. The number of ether oxygens (including phenoxy) is 2. The molecule has 27 heavy (non-hydrogen) atoms. The van der Waals surface area contributed by atoms with Gasteiger partial charge in [0.2, 0.25) is 0 Å². The molecule has 0 spiro atoms. The normalized spacial score (nSPS) is 16.9. The van der Waals surface area contributed by atoms with E-state index in [0.29, 0.717) is 12.5 Å². The van der Waals surface area contributed by atoms with Gasteiger partial charge in [-0.1, -0.05) is 45.9 Å². The molecule has 3 heterocycles. The molecular formula is C23H28N2O2. The smallest absolute Gasteiger partial charge is 0.164 e. The molecular weight excluding hydrogens is 336 g/mol. The van der Waals surface area contributed by atoms with E-state index in [2.05, 4.69) is 57.1 Å². The molecule has 4 rings (SSSR count). The van der Waals surface area contributed by atoms with Crippen LogP contribution in [-0.2, 0) is 11.8 Å². The van der Waals surface area contributed by atoms with Gasteiger partial charge in [0.25, 0.3) is 0 Å². The largest absolute Gasteiger partial charge is 0.486 e. The maximum atomic E-state index is 6.35. The van der Waals surface area contributed by atoms with Crippen molar-refractivity contribution >= 4 is 5.52 Å². The molecule has 1 aliphatic heterocycles. The predicted octanol–water partition coefficient (Wildman–Crippen LogP) is 5.04. The van der Waals surface area contributed by atoms with Crippen LogP contribution in [0.15, 0.2) is 48.8 Å². The number of aromatic nitrogens is 2. The molecule has 1 aliphatic rings. The Hall–Kier alpha value is -2.49. The van der Waals surface area contributed by atoms with Gasteiger partial charge < -0.3 is 9.47 Å². The SMILES string of the molecule is CC(C)Cc1cccc2c1OCC(CC(C)(C)c1cnn3ccccc13)O2. The van der Waals surface area contributed by atoms with Gasteiger partial charge in [0.05, 0.1) is 11.7 Å². The van der Waals surface area contributed by atoms with Gasteiger partial charge in [-0.25, -0.2) is 4.52 Å². The summed E-state index contributed by atoms with van der Waals surface area (Å²) in [6.45, 7) is 9.55. The van der Waals surface area contributed by atoms with Crippen molar-refractivity contribution in [3.05, 3.63) is 59.9 Å². The van der Waals surface area contributed by atoms with E-state index in [4.69, 9.17) is 9.47 Å². The number of fused-ring (bicyclic) bond motifs is 2. The van der Waals surface area contributed by atoms with Crippen LogP contribution in [0.5, 0.6) is 11.5 Å². The van der Waals surface area contributed by atoms with Gasteiger partial charge in [-0.15, -0.1) is 0 Å². The first-order valence-corrected chi connectivity index (χ1v) is 9.78. The molecule has 0 fully saturated rings. The second-order valence-corrected chi connectivity index (χ2v) is 8.57. The van der Waals surface area contributed by atoms with Gasteiger partial charge in [0.15, 0.2) is 11.5 Å². The van der Waals surface area contributed by atoms with E-state index in [-0.39, 0.29) is 11.5 Å². The van der Waals surface area contributed by atoms with E-state index in [1.807, 2.05) is 29.0 Å². The number of nitrogens with zero attached hydrogens (tertiary/aromatic N) is 2. The first-order chi connectivity index (χ1) is 12.9. The van der Waals surface area contributed by atoms with E-state index in [9.17, 15) is 0 Å². The standard InChI is InChI=1S/C23H28N2O2/c1-16(2)12-17-8-7-10-21-22(17)26-15-18(27-21)13-23(3,4)19-14-24-25-11-6-5-9-20(19)25/h5-11,14,16,18H,12-13,15H2,1-4H3. The van der Waals surface area contributed by atoms with Crippen LogP contribution in [0.1, 0.15) is 45.2 Å². The third-order valence-electron chi connectivity index (χ3n) is 5.29. The molecule has 0 aliphatic carbocycles. The highest BCUT2D eigenvalue weighted by molar-refractivity contribution is 5.56. The molecule has 0 saturated carbocycles. The summed E-state index contributed by atoms with van der Waals surface area (Å²) in [5.41, 5.74) is 3.57. The third kappa shape index (κ3) is 3.53. The zero-order valence-corrected chi connectivity index (χ0v) is 16.6. The highest BCUT2D eigenvalue weighted by atomic mass is 16.6. The van der Waals surface area contributed by atoms with Gasteiger partial charge in [-0.05, 0) is 47.9 Å². The Labute approximate surface area is 161 Å². The van der Waals surface area contributed by atoms with Crippen molar-refractivity contribution in [2.75, 3.05) is 6.61 Å². The fourth-order valence-corrected chi connectivity index (χ4v) is 4.04. The van der Waals surface area contributed by atoms with E-state index in [1.165, 1.54) is 11.1 Å². The van der Waals surface area contributed by atoms with Crippen molar-refractivity contribution < 1.29 is 9.47 Å². The molecule has 0 saturated heterocycles. The molecule has 0 amide bonds. The first-order valence-electron chi connectivity index (χ1n) is 9.78. The van der Waals surface area contributed by atoms with E-state index < -0.39 is 0 Å². The molecule has 0 radical (unpaired) electrons. The Morgan fingerprint density at radius 1 is 1.19 bits per heavy atom. The molecule has 2 aromatic heterocycles. The first kappa shape index (κ1) is 17.9. The zero-order chi connectivity index (χ0) is 19.0. The minimum absolute atomic E-state index is 0.0282. The summed E-state index contributed by atoms with van der Waals surface area (Å²) in [4.78, 5) is 0. The van der Waals surface area contributed by atoms with Crippen LogP contribution in [0.3, 0.4) is 0 Å². The average Bonchev–Trinajstić information content (AvgIpc) is 3.06. The zero-order valence-electron chi connectivity index (χ0n) is 16.6. The minimum Gasteiger partial charge on any atom is -0.486 e. The van der Waals surface area contributed by atoms with Crippen LogP contribution in [0, 0.1) is 5.92 Å². The molecule has 4 nitrogen and oxygen atoms in total. The van der Waals surface area contributed by atoms with Crippen molar-refractivity contribution in [1.82, 2.24) is 9.61 Å². The highest BCUT2D eigenvalue weighted by Crippen LogP contribution is 2.39. The van der Waals surface area contributed by atoms with Crippen LogP contribution in [-0.4, -0.2) is 22.3 Å². The van der Waals surface area contributed by atoms with Crippen LogP contribution in [0.2, 0.25) is 0 Å². The van der Waals surface area contributed by atoms with Gasteiger partial charge in [-0.3, -0.25) is 0 Å². The lowest BCUT2D eigenvalue weighted by Crippen LogP contribution is -2.35. The topological polar surface area (TPSA) is 35.8 Å². The summed E-state index contributed by atoms with van der Waals surface area (Å²) in [5, 5.41) is 4.50. The molecule has 0 bridgehead atoms. The van der Waals surface area contributed by atoms with Crippen LogP contribution < -0.4 is 9.47 Å². The monoisotopic (exact) mass is 364 g/mol. The Morgan fingerprint density at radius 3 is 2.85 bits per heavy atom. The van der Waals surface area contributed by atoms with Gasteiger partial charge in [0.1, 0.15) is 12.7 Å². The maximum absolute atomic E-state index is 6.35. The number of rotatable bonds is 5. The Kier molecular flexibility index (Phi) is 4.58. The molecule has 1 unspecified atom stereocenters. The summed E-state index contributed by atoms with van der Waals surface area (Å²) in [7, 11) is 0. The van der Waals surface area contributed by atoms with Crippen molar-refractivity contribution in [1.29, 1.82) is 0 Å². The summed E-state index contributed by atoms with van der Waals surface area (Å²) in [5.74, 6) is 2.39. The lowest BCUT2D eigenvalue weighted by atomic mass is 9.80. The predicted molar refractivity (Wildman–Crippen MR) is 108 cm³/mol. The molecule has 3 aromatic rings. The van der Waals surface area contributed by atoms with E-state index in [0.717, 1.165) is 29.9 Å². The van der Waals surface area contributed by atoms with Gasteiger partial charge >= 0.3 is 0 Å². The number of hydrogen-bond donors (Lipinski definition) is 0. The van der Waals surface area contributed by atoms with Crippen molar-refractivity contribution in [2.24, 2.45) is 5.92 Å². The third-order valence-corrected chi connectivity index (χ3v) is 5.29. The molecule has 4 heteroatoms. The van der Waals surface area contributed by atoms with E-state index in [1.54, 1.807) is 0 Å². The molecule has 142 valence electrons. The van der Waals surface area contributed by atoms with Crippen molar-refractivity contribution in [2.45, 2.75) is 52.1 Å². The average molecular weight is 364 g/mol. The molecule has 0 N–H and O–H groups in total.